The fourth-order valence-electron chi connectivity index (χ4n) is 4.18. The van der Waals surface area contributed by atoms with Crippen LogP contribution in [0.25, 0.3) is 0 Å². The number of sulfonamides is 1. The fourth-order valence-corrected chi connectivity index (χ4v) is 5.68. The summed E-state index contributed by atoms with van der Waals surface area (Å²) in [5, 5.41) is 3.11. The quantitative estimate of drug-likeness (QED) is 0.802. The largest absolute Gasteiger partial charge is 0.476 e. The van der Waals surface area contributed by atoms with Crippen molar-refractivity contribution in [3.05, 3.63) is 54.6 Å². The van der Waals surface area contributed by atoms with Crippen molar-refractivity contribution in [3.8, 4) is 5.75 Å². The molecule has 0 spiro atoms. The van der Waals surface area contributed by atoms with Crippen LogP contribution in [0.4, 0.5) is 5.69 Å². The number of amides is 1. The number of rotatable bonds is 4. The molecular formula is C23H28N2O4S. The molecule has 1 aliphatic carbocycles. The fraction of sp³-hybridized carbons (Fsp3) is 0.435. The number of hydrogen-bond donors (Lipinski definition) is 1. The van der Waals surface area contributed by atoms with E-state index in [1.54, 1.807) is 54.6 Å². The van der Waals surface area contributed by atoms with Gasteiger partial charge in [0.2, 0.25) is 0 Å². The molecule has 0 radical (unpaired) electrons. The van der Waals surface area contributed by atoms with Crippen molar-refractivity contribution in [3.63, 3.8) is 0 Å². The van der Waals surface area contributed by atoms with Gasteiger partial charge in [0.25, 0.3) is 15.9 Å². The number of anilines is 1. The first-order valence-corrected chi connectivity index (χ1v) is 12.1. The third-order valence-corrected chi connectivity index (χ3v) is 7.60. The topological polar surface area (TPSA) is 75.7 Å². The van der Waals surface area contributed by atoms with E-state index in [-0.39, 0.29) is 23.4 Å². The lowest BCUT2D eigenvalue weighted by Crippen LogP contribution is -2.52. The Morgan fingerprint density at radius 1 is 0.900 bits per heavy atom. The zero-order valence-corrected chi connectivity index (χ0v) is 17.8. The van der Waals surface area contributed by atoms with Crippen molar-refractivity contribution in [2.24, 2.45) is 0 Å². The molecule has 7 heteroatoms. The van der Waals surface area contributed by atoms with Gasteiger partial charge in [-0.25, -0.2) is 8.42 Å². The van der Waals surface area contributed by atoms with Crippen LogP contribution in [0.2, 0.25) is 0 Å². The van der Waals surface area contributed by atoms with E-state index in [1.807, 2.05) is 0 Å². The van der Waals surface area contributed by atoms with Gasteiger partial charge in [-0.1, -0.05) is 62.4 Å². The van der Waals surface area contributed by atoms with Gasteiger partial charge in [-0.3, -0.25) is 9.10 Å². The Hall–Kier alpha value is -2.54. The van der Waals surface area contributed by atoms with E-state index in [4.69, 9.17) is 4.74 Å². The summed E-state index contributed by atoms with van der Waals surface area (Å²) in [7, 11) is -3.81. The molecule has 0 bridgehead atoms. The highest BCUT2D eigenvalue weighted by Crippen LogP contribution is 2.36. The van der Waals surface area contributed by atoms with E-state index in [9.17, 15) is 13.2 Å². The normalized spacial score (nSPS) is 20.4. The third-order valence-electron chi connectivity index (χ3n) is 5.81. The Balaban J connectivity index is 1.57. The van der Waals surface area contributed by atoms with Gasteiger partial charge in [-0.2, -0.15) is 0 Å². The zero-order chi connectivity index (χ0) is 21.0. The van der Waals surface area contributed by atoms with Crippen molar-refractivity contribution in [2.45, 2.75) is 62.0 Å². The maximum absolute atomic E-state index is 13.3. The van der Waals surface area contributed by atoms with Gasteiger partial charge < -0.3 is 10.1 Å². The van der Waals surface area contributed by atoms with Gasteiger partial charge >= 0.3 is 0 Å². The van der Waals surface area contributed by atoms with Crippen molar-refractivity contribution < 1.29 is 17.9 Å². The van der Waals surface area contributed by atoms with Crippen molar-refractivity contribution >= 4 is 21.6 Å². The van der Waals surface area contributed by atoms with Crippen LogP contribution in [-0.2, 0) is 14.8 Å². The molecule has 1 aliphatic heterocycles. The molecular weight excluding hydrogens is 400 g/mol. The standard InChI is InChI=1S/C23H28N2O4S/c26-23(24-18-11-5-2-1-3-6-12-18)22-17-25(20-15-9-10-16-21(20)29-22)30(27,28)19-13-7-4-8-14-19/h4,7-10,13-16,18,22H,1-3,5-6,11-12,17H2,(H,24,26). The predicted molar refractivity (Wildman–Crippen MR) is 116 cm³/mol. The molecule has 4 rings (SSSR count). The first-order valence-electron chi connectivity index (χ1n) is 10.7. The first kappa shape index (κ1) is 20.7. The summed E-state index contributed by atoms with van der Waals surface area (Å²) in [6.07, 6.45) is 6.90. The minimum atomic E-state index is -3.81. The van der Waals surface area contributed by atoms with E-state index in [0.29, 0.717) is 11.4 Å². The molecule has 160 valence electrons. The Labute approximate surface area is 178 Å². The highest BCUT2D eigenvalue weighted by Gasteiger charge is 2.37. The Morgan fingerprint density at radius 3 is 2.27 bits per heavy atom. The zero-order valence-electron chi connectivity index (χ0n) is 17.0. The lowest BCUT2D eigenvalue weighted by Gasteiger charge is -2.35. The highest BCUT2D eigenvalue weighted by atomic mass is 32.2. The van der Waals surface area contributed by atoms with Gasteiger partial charge in [-0.05, 0) is 37.1 Å². The molecule has 2 aromatic carbocycles. The lowest BCUT2D eigenvalue weighted by molar-refractivity contribution is -0.128. The lowest BCUT2D eigenvalue weighted by atomic mass is 9.96. The molecule has 1 atom stereocenters. The monoisotopic (exact) mass is 428 g/mol. The van der Waals surface area contributed by atoms with Crippen LogP contribution < -0.4 is 14.4 Å². The number of carbonyl (C=O) groups excluding carboxylic acids is 1. The number of hydrogen-bond acceptors (Lipinski definition) is 4. The molecule has 30 heavy (non-hydrogen) atoms. The number of nitrogens with one attached hydrogen (secondary N) is 1. The summed E-state index contributed by atoms with van der Waals surface area (Å²) in [5.41, 5.74) is 0.455. The smallest absolute Gasteiger partial charge is 0.264 e. The van der Waals surface area contributed by atoms with E-state index in [0.717, 1.165) is 25.7 Å². The molecule has 1 fully saturated rings. The number of benzene rings is 2. The summed E-state index contributed by atoms with van der Waals surface area (Å²) in [6, 6.07) is 15.4. The first-order chi connectivity index (χ1) is 14.6. The maximum Gasteiger partial charge on any atom is 0.264 e. The van der Waals surface area contributed by atoms with Gasteiger partial charge in [0.1, 0.15) is 5.75 Å². The molecule has 2 aromatic rings. The van der Waals surface area contributed by atoms with Crippen LogP contribution in [0.5, 0.6) is 5.75 Å². The van der Waals surface area contributed by atoms with Crippen LogP contribution in [-0.4, -0.2) is 33.0 Å². The average Bonchev–Trinajstić information content (AvgIpc) is 2.75. The summed E-state index contributed by atoms with van der Waals surface area (Å²) in [4.78, 5) is 13.2. The van der Waals surface area contributed by atoms with Crippen LogP contribution in [0.3, 0.4) is 0 Å². The number of para-hydroxylation sites is 2. The molecule has 2 aliphatic rings. The summed E-state index contributed by atoms with van der Waals surface area (Å²) in [6.45, 7) is -0.0488. The average molecular weight is 429 g/mol. The van der Waals surface area contributed by atoms with E-state index in [2.05, 4.69) is 5.32 Å². The SMILES string of the molecule is O=C(NC1CCCCCCC1)C1CN(S(=O)(=O)c2ccccc2)c2ccccc2O1. The summed E-state index contributed by atoms with van der Waals surface area (Å²) < 4.78 is 33.9. The van der Waals surface area contributed by atoms with Gasteiger partial charge in [0, 0.05) is 6.04 Å². The molecule has 1 amide bonds. The number of fused-ring (bicyclic) bond motifs is 1. The summed E-state index contributed by atoms with van der Waals surface area (Å²) in [5.74, 6) is 0.157. The Morgan fingerprint density at radius 2 is 1.53 bits per heavy atom. The van der Waals surface area contributed by atoms with Gasteiger partial charge in [-0.15, -0.1) is 0 Å². The minimum absolute atomic E-state index is 0.0488. The molecule has 1 N–H and O–H groups in total. The molecule has 1 heterocycles. The van der Waals surface area contributed by atoms with Crippen molar-refractivity contribution in [1.29, 1.82) is 0 Å². The molecule has 6 nitrogen and oxygen atoms in total. The molecule has 1 saturated carbocycles. The van der Waals surface area contributed by atoms with Crippen LogP contribution in [0, 0.1) is 0 Å². The molecule has 1 unspecified atom stereocenters. The third kappa shape index (κ3) is 4.46. The van der Waals surface area contributed by atoms with E-state index in [1.165, 1.54) is 23.6 Å². The second-order valence-corrected chi connectivity index (χ2v) is 9.84. The van der Waals surface area contributed by atoms with Crippen molar-refractivity contribution in [1.82, 2.24) is 5.32 Å². The van der Waals surface area contributed by atoms with Crippen LogP contribution >= 0.6 is 0 Å². The van der Waals surface area contributed by atoms with Crippen molar-refractivity contribution in [2.75, 3.05) is 10.8 Å². The minimum Gasteiger partial charge on any atom is -0.476 e. The van der Waals surface area contributed by atoms with Gasteiger partial charge in [0.15, 0.2) is 6.10 Å². The van der Waals surface area contributed by atoms with Gasteiger partial charge in [0.05, 0.1) is 17.1 Å². The molecule has 0 saturated heterocycles. The number of nitrogens with zero attached hydrogens (tertiary/aromatic N) is 1. The number of carbonyl (C=O) groups is 1. The molecule has 0 aromatic heterocycles. The Kier molecular flexibility index (Phi) is 6.27. The van der Waals surface area contributed by atoms with E-state index >= 15 is 0 Å². The maximum atomic E-state index is 13.3. The second-order valence-electron chi connectivity index (χ2n) is 7.97. The summed E-state index contributed by atoms with van der Waals surface area (Å²) >= 11 is 0. The van der Waals surface area contributed by atoms with Crippen LogP contribution in [0.15, 0.2) is 59.5 Å². The second kappa shape index (κ2) is 9.08. The van der Waals surface area contributed by atoms with Crippen LogP contribution in [0.1, 0.15) is 44.9 Å². The highest BCUT2D eigenvalue weighted by molar-refractivity contribution is 7.92. The van der Waals surface area contributed by atoms with E-state index < -0.39 is 16.1 Å². The Bertz CT molecular complexity index is 970. The predicted octanol–water partition coefficient (Wildman–Crippen LogP) is 3.87. The number of ether oxygens (including phenoxy) is 1.